The molecule has 4 heterocycles. The minimum atomic E-state index is -0.857. The maximum atomic E-state index is 14.2. The van der Waals surface area contributed by atoms with E-state index in [9.17, 15) is 14.7 Å². The molecule has 5 aliphatic rings. The zero-order chi connectivity index (χ0) is 26.7. The monoisotopic (exact) mass is 532 g/mol. The van der Waals surface area contributed by atoms with Crippen LogP contribution in [0, 0.1) is 17.8 Å². The number of nitrogens with zero attached hydrogens (tertiary/aromatic N) is 4. The van der Waals surface area contributed by atoms with Gasteiger partial charge in [-0.1, -0.05) is 51.2 Å². The van der Waals surface area contributed by atoms with Crippen molar-refractivity contribution in [3.63, 3.8) is 0 Å². The van der Waals surface area contributed by atoms with E-state index in [0.717, 1.165) is 42.1 Å². The van der Waals surface area contributed by atoms with Crippen LogP contribution in [-0.4, -0.2) is 56.2 Å². The Kier molecular flexibility index (Phi) is 6.69. The van der Waals surface area contributed by atoms with E-state index in [1.165, 1.54) is 64.2 Å². The lowest BCUT2D eigenvalue weighted by Gasteiger charge is -2.54. The van der Waals surface area contributed by atoms with Gasteiger partial charge in [0.2, 0.25) is 0 Å². The average molecular weight is 533 g/mol. The Morgan fingerprint density at radius 2 is 1.59 bits per heavy atom. The Bertz CT molecular complexity index is 1260. The first-order valence-corrected chi connectivity index (χ1v) is 15.8. The summed E-state index contributed by atoms with van der Waals surface area (Å²) in [5.74, 6) is 1.36. The number of benzene rings is 1. The third-order valence-electron chi connectivity index (χ3n) is 11.2. The Balaban J connectivity index is 1.22. The van der Waals surface area contributed by atoms with Gasteiger partial charge in [0.05, 0.1) is 11.0 Å². The van der Waals surface area contributed by atoms with Gasteiger partial charge in [-0.25, -0.2) is 9.78 Å². The van der Waals surface area contributed by atoms with Gasteiger partial charge in [0.25, 0.3) is 5.56 Å². The second-order valence-electron chi connectivity index (χ2n) is 13.4. The molecule has 3 saturated heterocycles. The molecule has 7 rings (SSSR count). The number of carboxylic acid groups (broad SMARTS) is 1. The normalized spacial score (nSPS) is 36.8. The first kappa shape index (κ1) is 25.6. The Labute approximate surface area is 231 Å². The third kappa shape index (κ3) is 4.39. The summed E-state index contributed by atoms with van der Waals surface area (Å²) >= 11 is 0. The van der Waals surface area contributed by atoms with Crippen molar-refractivity contribution >= 4 is 22.8 Å². The van der Waals surface area contributed by atoms with E-state index in [0.29, 0.717) is 30.5 Å². The summed E-state index contributed by atoms with van der Waals surface area (Å²) in [5.41, 5.74) is 1.58. The van der Waals surface area contributed by atoms with Gasteiger partial charge in [0, 0.05) is 36.6 Å². The molecule has 5 fully saturated rings. The van der Waals surface area contributed by atoms with Gasteiger partial charge < -0.3 is 14.6 Å². The van der Waals surface area contributed by atoms with Gasteiger partial charge in [-0.15, -0.1) is 0 Å². The van der Waals surface area contributed by atoms with Crippen molar-refractivity contribution in [2.24, 2.45) is 17.8 Å². The van der Waals surface area contributed by atoms with Crippen molar-refractivity contribution in [2.45, 2.75) is 121 Å². The molecule has 7 nitrogen and oxygen atoms in total. The van der Waals surface area contributed by atoms with E-state index in [-0.39, 0.29) is 17.5 Å². The Morgan fingerprint density at radius 3 is 2.26 bits per heavy atom. The molecule has 2 aliphatic carbocycles. The number of hydrogen-bond donors (Lipinski definition) is 1. The lowest BCUT2D eigenvalue weighted by molar-refractivity contribution is -0.141. The predicted octanol–water partition coefficient (Wildman–Crippen LogP) is 5.61. The smallest absolute Gasteiger partial charge is 0.326 e. The highest BCUT2D eigenvalue weighted by Crippen LogP contribution is 2.47. The summed E-state index contributed by atoms with van der Waals surface area (Å²) in [7, 11) is 0. The van der Waals surface area contributed by atoms with E-state index in [1.54, 1.807) is 4.90 Å². The molecule has 2 saturated carbocycles. The molecule has 8 atom stereocenters. The number of hydrogen-bond acceptors (Lipinski definition) is 5. The fourth-order valence-electron chi connectivity index (χ4n) is 9.49. The molecule has 2 unspecified atom stereocenters. The van der Waals surface area contributed by atoms with Gasteiger partial charge >= 0.3 is 5.97 Å². The van der Waals surface area contributed by atoms with Gasteiger partial charge in [0.15, 0.2) is 5.82 Å². The third-order valence-corrected chi connectivity index (χ3v) is 11.2. The lowest BCUT2D eigenvalue weighted by Crippen LogP contribution is -2.62. The second kappa shape index (κ2) is 10.2. The van der Waals surface area contributed by atoms with Gasteiger partial charge in [-0.3, -0.25) is 9.69 Å². The van der Waals surface area contributed by atoms with Gasteiger partial charge in [0.1, 0.15) is 6.04 Å². The van der Waals surface area contributed by atoms with Crippen LogP contribution in [0.1, 0.15) is 96.4 Å². The summed E-state index contributed by atoms with van der Waals surface area (Å²) in [6, 6.07) is 9.22. The number of aliphatic carboxylic acids is 1. The molecule has 210 valence electrons. The first-order valence-electron chi connectivity index (χ1n) is 15.8. The Hall–Kier alpha value is -2.41. The molecule has 0 radical (unpaired) electrons. The number of anilines is 1. The topological polar surface area (TPSA) is 78.7 Å². The van der Waals surface area contributed by atoms with E-state index in [1.807, 2.05) is 35.8 Å². The van der Waals surface area contributed by atoms with Crippen molar-refractivity contribution in [1.82, 2.24) is 14.5 Å². The summed E-state index contributed by atoms with van der Waals surface area (Å²) in [6.45, 7) is 2.61. The highest BCUT2D eigenvalue weighted by molar-refractivity contribution is 5.82. The lowest BCUT2D eigenvalue weighted by atomic mass is 9.73. The fourth-order valence-corrected chi connectivity index (χ4v) is 9.49. The van der Waals surface area contributed by atoms with Gasteiger partial charge in [-0.05, 0) is 75.3 Å². The van der Waals surface area contributed by atoms with Crippen LogP contribution in [0.2, 0.25) is 0 Å². The second-order valence-corrected chi connectivity index (χ2v) is 13.4. The molecular formula is C32H44N4O3. The van der Waals surface area contributed by atoms with Crippen LogP contribution >= 0.6 is 0 Å². The van der Waals surface area contributed by atoms with Crippen LogP contribution in [-0.2, 0) is 4.79 Å². The molecular weight excluding hydrogens is 488 g/mol. The minimum absolute atomic E-state index is 0.0606. The zero-order valence-electron chi connectivity index (χ0n) is 23.4. The standard InChI is InChI=1S/C32H44N4O3/c1-2-22-19-34(29(22)32(38)39)30-31(37)36(28-13-6-5-12-27(28)33-30)26-17-23-10-7-11-24(18-26)35(23)25-15-20-8-3-4-9-21(14-20)16-25/h5-6,12-13,20-26,29H,2-4,7-11,14-19H2,1H3,(H,38,39)/t20-,21+,22-,23-,24+,25?,26?,29+/m1/s1. The van der Waals surface area contributed by atoms with Crippen LogP contribution in [0.4, 0.5) is 5.82 Å². The van der Waals surface area contributed by atoms with Crippen LogP contribution in [0.5, 0.6) is 0 Å². The van der Waals surface area contributed by atoms with E-state index < -0.39 is 12.0 Å². The largest absolute Gasteiger partial charge is 0.480 e. The van der Waals surface area contributed by atoms with Crippen molar-refractivity contribution in [3.05, 3.63) is 34.6 Å². The average Bonchev–Trinajstić information content (AvgIpc) is 3.06. The van der Waals surface area contributed by atoms with E-state index in [2.05, 4.69) is 4.90 Å². The van der Waals surface area contributed by atoms with Crippen LogP contribution < -0.4 is 10.5 Å². The molecule has 1 aromatic heterocycles. The molecule has 7 heteroatoms. The first-order chi connectivity index (χ1) is 19.0. The number of carbonyl (C=O) groups is 1. The van der Waals surface area contributed by atoms with Crippen molar-refractivity contribution < 1.29 is 9.90 Å². The molecule has 39 heavy (non-hydrogen) atoms. The van der Waals surface area contributed by atoms with Crippen LogP contribution in [0.25, 0.3) is 11.0 Å². The molecule has 2 aromatic rings. The summed E-state index contributed by atoms with van der Waals surface area (Å²) < 4.78 is 2.03. The quantitative estimate of drug-likeness (QED) is 0.539. The molecule has 3 aliphatic heterocycles. The number of fused-ring (bicyclic) bond motifs is 5. The van der Waals surface area contributed by atoms with Crippen molar-refractivity contribution in [1.29, 1.82) is 0 Å². The fraction of sp³-hybridized carbons (Fsp3) is 0.719. The molecule has 0 amide bonds. The van der Waals surface area contributed by atoms with Gasteiger partial charge in [-0.2, -0.15) is 0 Å². The molecule has 1 aromatic carbocycles. The number of rotatable bonds is 5. The number of aromatic nitrogens is 2. The number of para-hydroxylation sites is 2. The highest BCUT2D eigenvalue weighted by atomic mass is 16.4. The SMILES string of the molecule is CC[C@@H]1CN(c2nc3ccccc3n(C3C[C@H]4CCC[C@@H](C3)N4C3C[C@H]4CCCC[C@@H](C3)C4)c2=O)[C@@H]1C(=O)O. The molecule has 0 spiro atoms. The number of piperidine rings is 2. The summed E-state index contributed by atoms with van der Waals surface area (Å²) in [4.78, 5) is 35.8. The highest BCUT2D eigenvalue weighted by Gasteiger charge is 2.47. The van der Waals surface area contributed by atoms with Crippen molar-refractivity contribution in [3.8, 4) is 0 Å². The van der Waals surface area contributed by atoms with E-state index >= 15 is 0 Å². The number of carboxylic acids is 1. The van der Waals surface area contributed by atoms with E-state index in [4.69, 9.17) is 4.98 Å². The summed E-state index contributed by atoms with van der Waals surface area (Å²) in [6.07, 6.45) is 16.5. The molecule has 4 bridgehead atoms. The van der Waals surface area contributed by atoms with Crippen LogP contribution in [0.15, 0.2) is 29.1 Å². The zero-order valence-corrected chi connectivity index (χ0v) is 23.4. The maximum absolute atomic E-state index is 14.2. The Morgan fingerprint density at radius 1 is 0.897 bits per heavy atom. The molecule has 1 N–H and O–H groups in total. The predicted molar refractivity (Wildman–Crippen MR) is 153 cm³/mol. The van der Waals surface area contributed by atoms with Crippen molar-refractivity contribution in [2.75, 3.05) is 11.4 Å². The van der Waals surface area contributed by atoms with Crippen LogP contribution in [0.3, 0.4) is 0 Å². The summed E-state index contributed by atoms with van der Waals surface area (Å²) in [5, 5.41) is 9.94. The maximum Gasteiger partial charge on any atom is 0.326 e. The minimum Gasteiger partial charge on any atom is -0.480 e.